The SMILES string of the molecule is CCC(OCc1ccccc1)C(CCCCCCCCCCCCCC(=O)O)OC(C)=O. The van der Waals surface area contributed by atoms with Crippen molar-refractivity contribution in [1.29, 1.82) is 0 Å². The Morgan fingerprint density at radius 2 is 1.34 bits per heavy atom. The van der Waals surface area contributed by atoms with Gasteiger partial charge in [-0.3, -0.25) is 9.59 Å². The Balaban J connectivity index is 2.14. The van der Waals surface area contributed by atoms with E-state index in [1.165, 1.54) is 45.4 Å². The lowest BCUT2D eigenvalue weighted by Crippen LogP contribution is -2.32. The van der Waals surface area contributed by atoms with Crippen molar-refractivity contribution in [3.05, 3.63) is 35.9 Å². The van der Waals surface area contributed by atoms with Crippen LogP contribution in [0.15, 0.2) is 30.3 Å². The van der Waals surface area contributed by atoms with E-state index in [2.05, 4.69) is 6.92 Å². The summed E-state index contributed by atoms with van der Waals surface area (Å²) in [6, 6.07) is 10.1. The number of esters is 1. The van der Waals surface area contributed by atoms with E-state index >= 15 is 0 Å². The Bertz CT molecular complexity index is 601. The largest absolute Gasteiger partial charge is 0.481 e. The zero-order valence-corrected chi connectivity index (χ0v) is 20.2. The van der Waals surface area contributed by atoms with Gasteiger partial charge >= 0.3 is 11.9 Å². The number of hydrogen-bond acceptors (Lipinski definition) is 4. The van der Waals surface area contributed by atoms with Crippen LogP contribution in [0, 0.1) is 0 Å². The highest BCUT2D eigenvalue weighted by atomic mass is 16.6. The molecular formula is C27H44O5. The number of aliphatic carboxylic acids is 1. The number of hydrogen-bond donors (Lipinski definition) is 1. The number of benzene rings is 1. The molecule has 1 aromatic rings. The second-order valence-electron chi connectivity index (χ2n) is 8.71. The Hall–Kier alpha value is -1.88. The van der Waals surface area contributed by atoms with Crippen LogP contribution in [-0.4, -0.2) is 29.3 Å². The smallest absolute Gasteiger partial charge is 0.303 e. The fraction of sp³-hybridized carbons (Fsp3) is 0.704. The first-order valence-electron chi connectivity index (χ1n) is 12.6. The third-order valence-electron chi connectivity index (χ3n) is 5.82. The Labute approximate surface area is 194 Å². The molecule has 0 saturated carbocycles. The van der Waals surface area contributed by atoms with Gasteiger partial charge in [0.15, 0.2) is 0 Å². The first-order chi connectivity index (χ1) is 15.5. The molecule has 32 heavy (non-hydrogen) atoms. The van der Waals surface area contributed by atoms with Gasteiger partial charge in [0, 0.05) is 13.3 Å². The maximum atomic E-state index is 11.6. The number of ether oxygens (including phenoxy) is 2. The van der Waals surface area contributed by atoms with Crippen molar-refractivity contribution >= 4 is 11.9 Å². The monoisotopic (exact) mass is 448 g/mol. The van der Waals surface area contributed by atoms with E-state index in [9.17, 15) is 9.59 Å². The normalized spacial score (nSPS) is 12.9. The van der Waals surface area contributed by atoms with E-state index in [-0.39, 0.29) is 18.2 Å². The van der Waals surface area contributed by atoms with Crippen LogP contribution < -0.4 is 0 Å². The molecule has 0 spiro atoms. The van der Waals surface area contributed by atoms with Crippen LogP contribution in [0.2, 0.25) is 0 Å². The molecule has 0 aliphatic heterocycles. The minimum atomic E-state index is -0.686. The van der Waals surface area contributed by atoms with Crippen molar-refractivity contribution in [1.82, 2.24) is 0 Å². The van der Waals surface area contributed by atoms with Crippen molar-refractivity contribution < 1.29 is 24.2 Å². The van der Waals surface area contributed by atoms with Crippen molar-refractivity contribution in [3.8, 4) is 0 Å². The molecule has 0 aliphatic rings. The summed E-state index contributed by atoms with van der Waals surface area (Å²) in [5.41, 5.74) is 1.13. The molecule has 0 radical (unpaired) electrons. The second-order valence-corrected chi connectivity index (χ2v) is 8.71. The zero-order chi connectivity index (χ0) is 23.4. The average Bonchev–Trinajstić information content (AvgIpc) is 2.77. The summed E-state index contributed by atoms with van der Waals surface area (Å²) in [4.78, 5) is 22.1. The molecule has 0 heterocycles. The lowest BCUT2D eigenvalue weighted by Gasteiger charge is -2.26. The Morgan fingerprint density at radius 3 is 1.84 bits per heavy atom. The maximum absolute atomic E-state index is 11.6. The van der Waals surface area contributed by atoms with Gasteiger partial charge < -0.3 is 14.6 Å². The van der Waals surface area contributed by atoms with Gasteiger partial charge in [0.05, 0.1) is 12.7 Å². The molecule has 182 valence electrons. The molecule has 0 fully saturated rings. The van der Waals surface area contributed by atoms with Crippen LogP contribution in [0.1, 0.15) is 109 Å². The van der Waals surface area contributed by atoms with Gasteiger partial charge in [0.25, 0.3) is 0 Å². The van der Waals surface area contributed by atoms with Crippen molar-refractivity contribution in [2.45, 2.75) is 123 Å². The third-order valence-corrected chi connectivity index (χ3v) is 5.82. The number of rotatable bonds is 20. The number of carbonyl (C=O) groups excluding carboxylic acids is 1. The molecule has 0 bridgehead atoms. The van der Waals surface area contributed by atoms with Crippen molar-refractivity contribution in [2.75, 3.05) is 0 Å². The van der Waals surface area contributed by atoms with Crippen LogP contribution >= 0.6 is 0 Å². The fourth-order valence-corrected chi connectivity index (χ4v) is 4.01. The highest BCUT2D eigenvalue weighted by Crippen LogP contribution is 2.19. The van der Waals surface area contributed by atoms with Gasteiger partial charge in [-0.25, -0.2) is 0 Å². The summed E-state index contributed by atoms with van der Waals surface area (Å²) in [5, 5.41) is 8.62. The van der Waals surface area contributed by atoms with E-state index in [0.717, 1.165) is 50.5 Å². The van der Waals surface area contributed by atoms with E-state index in [1.807, 2.05) is 30.3 Å². The predicted octanol–water partition coefficient (Wildman–Crippen LogP) is 7.07. The highest BCUT2D eigenvalue weighted by Gasteiger charge is 2.23. The minimum Gasteiger partial charge on any atom is -0.481 e. The average molecular weight is 449 g/mol. The van der Waals surface area contributed by atoms with E-state index in [4.69, 9.17) is 14.6 Å². The lowest BCUT2D eigenvalue weighted by molar-refractivity contribution is -0.156. The van der Waals surface area contributed by atoms with Crippen molar-refractivity contribution in [3.63, 3.8) is 0 Å². The van der Waals surface area contributed by atoms with Gasteiger partial charge in [-0.05, 0) is 31.2 Å². The summed E-state index contributed by atoms with van der Waals surface area (Å²) < 4.78 is 11.7. The van der Waals surface area contributed by atoms with Crippen LogP contribution in [0.4, 0.5) is 0 Å². The quantitative estimate of drug-likeness (QED) is 0.171. The molecule has 0 aliphatic carbocycles. The predicted molar refractivity (Wildman–Crippen MR) is 129 cm³/mol. The van der Waals surface area contributed by atoms with Gasteiger partial charge in [0.2, 0.25) is 0 Å². The molecule has 1 aromatic carbocycles. The molecule has 0 aromatic heterocycles. The molecule has 2 atom stereocenters. The number of carboxylic acid groups (broad SMARTS) is 1. The molecular weight excluding hydrogens is 404 g/mol. The standard InChI is InChI=1S/C27H44O5/c1-3-25(31-22-24-18-14-13-15-19-24)26(32-23(2)28)20-16-11-9-7-5-4-6-8-10-12-17-21-27(29)30/h13-15,18-19,25-26H,3-12,16-17,20-22H2,1-2H3,(H,29,30). The van der Waals surface area contributed by atoms with Crippen LogP contribution in [0.5, 0.6) is 0 Å². The third kappa shape index (κ3) is 15.0. The first-order valence-corrected chi connectivity index (χ1v) is 12.6. The van der Waals surface area contributed by atoms with Crippen molar-refractivity contribution in [2.24, 2.45) is 0 Å². The second kappa shape index (κ2) is 18.7. The minimum absolute atomic E-state index is 0.0744. The molecule has 0 amide bonds. The van der Waals surface area contributed by atoms with Gasteiger partial charge in [-0.1, -0.05) is 95.0 Å². The molecule has 1 N–H and O–H groups in total. The van der Waals surface area contributed by atoms with E-state index in [0.29, 0.717) is 13.0 Å². The van der Waals surface area contributed by atoms with E-state index in [1.54, 1.807) is 0 Å². The van der Waals surface area contributed by atoms with Gasteiger partial charge in [-0.2, -0.15) is 0 Å². The zero-order valence-electron chi connectivity index (χ0n) is 20.2. The van der Waals surface area contributed by atoms with Gasteiger partial charge in [-0.15, -0.1) is 0 Å². The van der Waals surface area contributed by atoms with Crippen LogP contribution in [-0.2, 0) is 25.7 Å². The maximum Gasteiger partial charge on any atom is 0.303 e. The van der Waals surface area contributed by atoms with Crippen LogP contribution in [0.3, 0.4) is 0 Å². The van der Waals surface area contributed by atoms with E-state index < -0.39 is 5.97 Å². The Kier molecular flexibility index (Phi) is 16.4. The number of unbranched alkanes of at least 4 members (excludes halogenated alkanes) is 10. The summed E-state index contributed by atoms with van der Waals surface area (Å²) in [7, 11) is 0. The van der Waals surface area contributed by atoms with Gasteiger partial charge in [0.1, 0.15) is 6.10 Å². The molecule has 1 rings (SSSR count). The molecule has 5 heteroatoms. The summed E-state index contributed by atoms with van der Waals surface area (Å²) in [6.45, 7) is 4.10. The summed E-state index contributed by atoms with van der Waals surface area (Å²) in [5.74, 6) is -0.922. The summed E-state index contributed by atoms with van der Waals surface area (Å²) >= 11 is 0. The fourth-order valence-electron chi connectivity index (χ4n) is 4.01. The highest BCUT2D eigenvalue weighted by molar-refractivity contribution is 5.66. The molecule has 2 unspecified atom stereocenters. The summed E-state index contributed by atoms with van der Waals surface area (Å²) in [6.07, 6.45) is 14.4. The topological polar surface area (TPSA) is 72.8 Å². The molecule has 0 saturated heterocycles. The number of carbonyl (C=O) groups is 2. The first kappa shape index (κ1) is 28.2. The molecule has 5 nitrogen and oxygen atoms in total. The lowest BCUT2D eigenvalue weighted by atomic mass is 10.0. The Morgan fingerprint density at radius 1 is 0.812 bits per heavy atom. The van der Waals surface area contributed by atoms with Crippen LogP contribution in [0.25, 0.3) is 0 Å². The number of carboxylic acids is 1.